The van der Waals surface area contributed by atoms with Gasteiger partial charge in [-0.25, -0.2) is 0 Å². The summed E-state index contributed by atoms with van der Waals surface area (Å²) in [4.78, 5) is 1.47. The Hall–Kier alpha value is -0.250. The molecule has 4 heteroatoms. The van der Waals surface area contributed by atoms with Gasteiger partial charge in [-0.1, -0.05) is 0 Å². The van der Waals surface area contributed by atoms with E-state index < -0.39 is 12.2 Å². The number of alkyl halides is 3. The lowest BCUT2D eigenvalue weighted by Crippen LogP contribution is -2.58. The summed E-state index contributed by atoms with van der Waals surface area (Å²) in [5.41, 5.74) is 0. The normalized spacial score (nSPS) is 27.3. The van der Waals surface area contributed by atoms with Crippen LogP contribution in [0.3, 0.4) is 0 Å². The van der Waals surface area contributed by atoms with Crippen LogP contribution < -0.4 is 0 Å². The molecule has 0 aromatic rings. The van der Waals surface area contributed by atoms with Crippen LogP contribution >= 0.6 is 0 Å². The molecule has 0 unspecified atom stereocenters. The lowest BCUT2D eigenvalue weighted by Gasteiger charge is -2.44. The van der Waals surface area contributed by atoms with E-state index in [1.807, 2.05) is 0 Å². The second kappa shape index (κ2) is 2.66. The van der Waals surface area contributed by atoms with Crippen LogP contribution in [0.4, 0.5) is 13.2 Å². The third kappa shape index (κ3) is 1.67. The van der Waals surface area contributed by atoms with Crippen molar-refractivity contribution in [1.29, 1.82) is 0 Å². The Balaban J connectivity index is 2.50. The van der Waals surface area contributed by atoms with Crippen molar-refractivity contribution in [3.8, 4) is 0 Å². The number of rotatable bonds is 1. The first-order valence-electron chi connectivity index (χ1n) is 3.75. The summed E-state index contributed by atoms with van der Waals surface area (Å²) in [6.07, 6.45) is -3.76. The van der Waals surface area contributed by atoms with Gasteiger partial charge in [-0.3, -0.25) is 4.90 Å². The number of hydrogen-bond acceptors (Lipinski definition) is 1. The molecule has 1 nitrogen and oxygen atoms in total. The van der Waals surface area contributed by atoms with E-state index in [1.165, 1.54) is 4.90 Å². The van der Waals surface area contributed by atoms with E-state index in [9.17, 15) is 13.2 Å². The largest absolute Gasteiger partial charge is 0.404 e. The molecule has 1 heterocycles. The lowest BCUT2D eigenvalue weighted by molar-refractivity contribution is -0.216. The van der Waals surface area contributed by atoms with Gasteiger partial charge in [-0.15, -0.1) is 0 Å². The van der Waals surface area contributed by atoms with Crippen LogP contribution in [0, 0.1) is 0 Å². The predicted octanol–water partition coefficient (Wildman–Crippen LogP) is 2.03. The maximum atomic E-state index is 12.1. The van der Waals surface area contributed by atoms with Crippen LogP contribution in [0.2, 0.25) is 0 Å². The van der Waals surface area contributed by atoms with Crippen molar-refractivity contribution in [3.05, 3.63) is 0 Å². The van der Waals surface area contributed by atoms with E-state index in [-0.39, 0.29) is 12.5 Å². The Morgan fingerprint density at radius 2 is 1.91 bits per heavy atom. The topological polar surface area (TPSA) is 3.24 Å². The second-order valence-corrected chi connectivity index (χ2v) is 3.18. The molecule has 0 N–H and O–H groups in total. The van der Waals surface area contributed by atoms with Gasteiger partial charge in [0.2, 0.25) is 0 Å². The van der Waals surface area contributed by atoms with Crippen molar-refractivity contribution < 1.29 is 13.2 Å². The van der Waals surface area contributed by atoms with Crippen molar-refractivity contribution in [2.24, 2.45) is 0 Å². The average Bonchev–Trinajstić information content (AvgIpc) is 1.51. The highest BCUT2D eigenvalue weighted by Gasteiger charge is 2.49. The van der Waals surface area contributed by atoms with Gasteiger partial charge in [-0.05, 0) is 20.3 Å². The first-order valence-corrected chi connectivity index (χ1v) is 3.75. The molecule has 0 bridgehead atoms. The summed E-state index contributed by atoms with van der Waals surface area (Å²) in [6.45, 7) is 4.16. The minimum Gasteiger partial charge on any atom is -0.290 e. The Labute approximate surface area is 64.2 Å². The molecule has 1 aliphatic heterocycles. The second-order valence-electron chi connectivity index (χ2n) is 3.18. The lowest BCUT2D eigenvalue weighted by atomic mass is 10.0. The molecule has 11 heavy (non-hydrogen) atoms. The maximum Gasteiger partial charge on any atom is 0.404 e. The number of nitrogens with zero attached hydrogens (tertiary/aromatic N) is 1. The van der Waals surface area contributed by atoms with Gasteiger partial charge in [-0.2, -0.15) is 13.2 Å². The van der Waals surface area contributed by atoms with Crippen molar-refractivity contribution in [1.82, 2.24) is 4.90 Å². The number of hydrogen-bond donors (Lipinski definition) is 0. The molecule has 1 rings (SSSR count). The molecule has 1 fully saturated rings. The molecule has 0 aromatic carbocycles. The first kappa shape index (κ1) is 8.84. The molecule has 0 amide bonds. The van der Waals surface area contributed by atoms with Crippen LogP contribution in [-0.4, -0.2) is 29.7 Å². The van der Waals surface area contributed by atoms with Crippen molar-refractivity contribution in [3.63, 3.8) is 0 Å². The summed E-state index contributed by atoms with van der Waals surface area (Å²) in [6, 6.07) is -1.17. The summed E-state index contributed by atoms with van der Waals surface area (Å²) in [5.74, 6) is 0. The highest BCUT2D eigenvalue weighted by Crippen LogP contribution is 2.34. The Morgan fingerprint density at radius 1 is 1.36 bits per heavy atom. The molecule has 0 aromatic heterocycles. The van der Waals surface area contributed by atoms with Gasteiger partial charge in [0, 0.05) is 12.6 Å². The molecule has 1 saturated heterocycles. The van der Waals surface area contributed by atoms with E-state index in [2.05, 4.69) is 0 Å². The van der Waals surface area contributed by atoms with Crippen molar-refractivity contribution in [2.75, 3.05) is 6.54 Å². The Kier molecular flexibility index (Phi) is 2.14. The average molecular weight is 167 g/mol. The Morgan fingerprint density at radius 3 is 2.00 bits per heavy atom. The van der Waals surface area contributed by atoms with Gasteiger partial charge >= 0.3 is 6.18 Å². The fourth-order valence-electron chi connectivity index (χ4n) is 1.38. The number of halogens is 3. The standard InChI is InChI=1S/C7H12F3N/c1-5(2)11-4-3-6(11)7(8,9)10/h5-6H,3-4H2,1-2H3/t6-/m1/s1. The summed E-state index contributed by atoms with van der Waals surface area (Å²) in [7, 11) is 0. The molecule has 0 aliphatic carbocycles. The molecule has 0 radical (unpaired) electrons. The minimum atomic E-state index is -4.03. The first-order chi connectivity index (χ1) is 4.93. The van der Waals surface area contributed by atoms with E-state index in [0.29, 0.717) is 6.54 Å². The molecule has 0 saturated carbocycles. The smallest absolute Gasteiger partial charge is 0.290 e. The van der Waals surface area contributed by atoms with Crippen LogP contribution in [0.5, 0.6) is 0 Å². The van der Waals surface area contributed by atoms with Gasteiger partial charge in [0.25, 0.3) is 0 Å². The molecule has 66 valence electrons. The number of likely N-dealkylation sites (tertiary alicyclic amines) is 1. The fourth-order valence-corrected chi connectivity index (χ4v) is 1.38. The van der Waals surface area contributed by atoms with Crippen molar-refractivity contribution >= 4 is 0 Å². The summed E-state index contributed by atoms with van der Waals surface area (Å²) < 4.78 is 36.2. The summed E-state index contributed by atoms with van der Waals surface area (Å²) in [5, 5.41) is 0. The van der Waals surface area contributed by atoms with E-state index in [1.54, 1.807) is 13.8 Å². The highest BCUT2D eigenvalue weighted by atomic mass is 19.4. The van der Waals surface area contributed by atoms with Gasteiger partial charge < -0.3 is 0 Å². The zero-order chi connectivity index (χ0) is 8.65. The fraction of sp³-hybridized carbons (Fsp3) is 1.00. The van der Waals surface area contributed by atoms with Crippen LogP contribution in [0.15, 0.2) is 0 Å². The predicted molar refractivity (Wildman–Crippen MR) is 36.3 cm³/mol. The molecular formula is C7H12F3N. The summed E-state index contributed by atoms with van der Waals surface area (Å²) >= 11 is 0. The van der Waals surface area contributed by atoms with Gasteiger partial charge in [0.15, 0.2) is 0 Å². The van der Waals surface area contributed by atoms with Crippen LogP contribution in [0.1, 0.15) is 20.3 Å². The Bertz CT molecular complexity index is 141. The van der Waals surface area contributed by atoms with Crippen molar-refractivity contribution in [2.45, 2.75) is 38.5 Å². The minimum absolute atomic E-state index is 0.00961. The quantitative estimate of drug-likeness (QED) is 0.577. The van der Waals surface area contributed by atoms with Crippen LogP contribution in [-0.2, 0) is 0 Å². The van der Waals surface area contributed by atoms with E-state index in [0.717, 1.165) is 0 Å². The van der Waals surface area contributed by atoms with Gasteiger partial charge in [0.1, 0.15) is 6.04 Å². The zero-order valence-electron chi connectivity index (χ0n) is 6.65. The third-order valence-corrected chi connectivity index (χ3v) is 2.10. The van der Waals surface area contributed by atoms with Crippen LogP contribution in [0.25, 0.3) is 0 Å². The molecular weight excluding hydrogens is 155 g/mol. The van der Waals surface area contributed by atoms with E-state index in [4.69, 9.17) is 0 Å². The van der Waals surface area contributed by atoms with E-state index >= 15 is 0 Å². The maximum absolute atomic E-state index is 12.1. The van der Waals surface area contributed by atoms with Gasteiger partial charge in [0.05, 0.1) is 0 Å². The zero-order valence-corrected chi connectivity index (χ0v) is 6.65. The molecule has 1 atom stereocenters. The molecule has 1 aliphatic rings. The highest BCUT2D eigenvalue weighted by molar-refractivity contribution is 4.89. The monoisotopic (exact) mass is 167 g/mol. The molecule has 0 spiro atoms. The SMILES string of the molecule is CC(C)N1CC[C@@H]1C(F)(F)F. The third-order valence-electron chi connectivity index (χ3n) is 2.10.